The zero-order valence-electron chi connectivity index (χ0n) is 17.1. The number of quaternary nitrogens is 1. The number of nitrogens with one attached hydrogen (secondary N) is 2. The summed E-state index contributed by atoms with van der Waals surface area (Å²) in [6.07, 6.45) is 1.03. The lowest BCUT2D eigenvalue weighted by Crippen LogP contribution is -3.15. The largest absolute Gasteiger partial charge is 0.360 e. The summed E-state index contributed by atoms with van der Waals surface area (Å²) in [7, 11) is 0. The van der Waals surface area contributed by atoms with E-state index in [1.807, 2.05) is 18.2 Å². The number of nitro groups is 1. The summed E-state index contributed by atoms with van der Waals surface area (Å²) in [5.41, 5.74) is 3.19. The number of hydrogen-bond acceptors (Lipinski definition) is 4. The standard InChI is InChI=1S/C22H28N4O3/c1-3-17(2)20-6-4-5-7-21(20)23-22(27)16-24-12-14-25(15-13-24)18-8-10-19(11-9-18)26(28)29/h4-11,17H,3,12-16H2,1-2H3,(H,23,27)/p+1/t17-/m0/s1. The van der Waals surface area contributed by atoms with Crippen molar-refractivity contribution >= 4 is 23.0 Å². The third kappa shape index (κ3) is 5.32. The zero-order valence-corrected chi connectivity index (χ0v) is 17.1. The first-order valence-electron chi connectivity index (χ1n) is 10.2. The maximum Gasteiger partial charge on any atom is 0.279 e. The van der Waals surface area contributed by atoms with E-state index in [1.54, 1.807) is 12.1 Å². The third-order valence-electron chi connectivity index (χ3n) is 5.68. The van der Waals surface area contributed by atoms with E-state index in [0.717, 1.165) is 44.0 Å². The summed E-state index contributed by atoms with van der Waals surface area (Å²) >= 11 is 0. The molecule has 1 amide bonds. The van der Waals surface area contributed by atoms with E-state index in [0.29, 0.717) is 12.5 Å². The van der Waals surface area contributed by atoms with E-state index in [9.17, 15) is 14.9 Å². The fourth-order valence-electron chi connectivity index (χ4n) is 3.73. The zero-order chi connectivity index (χ0) is 20.8. The Kier molecular flexibility index (Phi) is 6.82. The number of rotatable bonds is 7. The number of piperazine rings is 1. The predicted molar refractivity (Wildman–Crippen MR) is 115 cm³/mol. The molecule has 7 heteroatoms. The monoisotopic (exact) mass is 397 g/mol. The van der Waals surface area contributed by atoms with Gasteiger partial charge in [-0.2, -0.15) is 0 Å². The van der Waals surface area contributed by atoms with Gasteiger partial charge >= 0.3 is 0 Å². The van der Waals surface area contributed by atoms with Gasteiger partial charge in [0.25, 0.3) is 11.6 Å². The molecule has 0 radical (unpaired) electrons. The van der Waals surface area contributed by atoms with Crippen molar-refractivity contribution in [2.45, 2.75) is 26.2 Å². The topological polar surface area (TPSA) is 79.9 Å². The van der Waals surface area contributed by atoms with Crippen LogP contribution in [0, 0.1) is 10.1 Å². The Hall–Kier alpha value is -2.93. The molecular formula is C22H29N4O3+. The lowest BCUT2D eigenvalue weighted by Gasteiger charge is -2.33. The van der Waals surface area contributed by atoms with E-state index < -0.39 is 0 Å². The van der Waals surface area contributed by atoms with Gasteiger partial charge in [-0.1, -0.05) is 32.0 Å². The van der Waals surface area contributed by atoms with Crippen LogP contribution in [0.5, 0.6) is 0 Å². The number of carbonyl (C=O) groups excluding carboxylic acids is 1. The van der Waals surface area contributed by atoms with Crippen molar-refractivity contribution in [3.05, 3.63) is 64.2 Å². The van der Waals surface area contributed by atoms with Crippen LogP contribution < -0.4 is 15.1 Å². The summed E-state index contributed by atoms with van der Waals surface area (Å²) in [5, 5.41) is 13.9. The van der Waals surface area contributed by atoms with Gasteiger partial charge in [-0.05, 0) is 36.1 Å². The number of para-hydroxylation sites is 1. The van der Waals surface area contributed by atoms with Crippen LogP contribution in [0.25, 0.3) is 0 Å². The lowest BCUT2D eigenvalue weighted by molar-refractivity contribution is -0.892. The second-order valence-electron chi connectivity index (χ2n) is 7.63. The second kappa shape index (κ2) is 9.52. The van der Waals surface area contributed by atoms with Crippen LogP contribution >= 0.6 is 0 Å². The molecule has 1 saturated heterocycles. The van der Waals surface area contributed by atoms with Crippen LogP contribution in [0.3, 0.4) is 0 Å². The Bertz CT molecular complexity index is 845. The summed E-state index contributed by atoms with van der Waals surface area (Å²) in [4.78, 5) is 26.5. The predicted octanol–water partition coefficient (Wildman–Crippen LogP) is 2.45. The molecule has 2 aromatic carbocycles. The van der Waals surface area contributed by atoms with Crippen molar-refractivity contribution in [2.75, 3.05) is 42.9 Å². The molecule has 0 saturated carbocycles. The Morgan fingerprint density at radius 2 is 1.83 bits per heavy atom. The van der Waals surface area contributed by atoms with Gasteiger partial charge in [0.2, 0.25) is 0 Å². The fraction of sp³-hybridized carbons (Fsp3) is 0.409. The molecule has 0 unspecified atom stereocenters. The number of carbonyl (C=O) groups is 1. The van der Waals surface area contributed by atoms with Crippen molar-refractivity contribution in [1.29, 1.82) is 0 Å². The summed E-state index contributed by atoms with van der Waals surface area (Å²) in [6.45, 7) is 8.14. The minimum absolute atomic E-state index is 0.0412. The van der Waals surface area contributed by atoms with E-state index in [1.165, 1.54) is 22.6 Å². The summed E-state index contributed by atoms with van der Waals surface area (Å²) in [6, 6.07) is 14.7. The molecule has 0 bridgehead atoms. The maximum absolute atomic E-state index is 12.6. The van der Waals surface area contributed by atoms with Crippen molar-refractivity contribution in [3.63, 3.8) is 0 Å². The molecule has 0 aliphatic carbocycles. The second-order valence-corrected chi connectivity index (χ2v) is 7.63. The third-order valence-corrected chi connectivity index (χ3v) is 5.68. The molecule has 29 heavy (non-hydrogen) atoms. The molecule has 154 valence electrons. The molecule has 3 rings (SSSR count). The first kappa shape index (κ1) is 20.8. The highest BCUT2D eigenvalue weighted by Crippen LogP contribution is 2.26. The van der Waals surface area contributed by atoms with Crippen LogP contribution in [0.4, 0.5) is 17.1 Å². The lowest BCUT2D eigenvalue weighted by atomic mass is 9.97. The highest BCUT2D eigenvalue weighted by atomic mass is 16.6. The first-order chi connectivity index (χ1) is 14.0. The highest BCUT2D eigenvalue weighted by molar-refractivity contribution is 5.92. The van der Waals surface area contributed by atoms with Gasteiger partial charge in [-0.15, -0.1) is 0 Å². The van der Waals surface area contributed by atoms with Gasteiger partial charge in [0.1, 0.15) is 0 Å². The Labute approximate surface area is 171 Å². The smallest absolute Gasteiger partial charge is 0.279 e. The molecule has 0 aromatic heterocycles. The van der Waals surface area contributed by atoms with Crippen LogP contribution in [-0.4, -0.2) is 43.6 Å². The number of nitrogens with zero attached hydrogens (tertiary/aromatic N) is 2. The summed E-state index contributed by atoms with van der Waals surface area (Å²) in [5.74, 6) is 0.448. The number of anilines is 2. The summed E-state index contributed by atoms with van der Waals surface area (Å²) < 4.78 is 0. The van der Waals surface area contributed by atoms with Gasteiger partial charge in [0.15, 0.2) is 6.54 Å². The first-order valence-corrected chi connectivity index (χ1v) is 10.2. The number of non-ortho nitro benzene ring substituents is 1. The van der Waals surface area contributed by atoms with Gasteiger partial charge in [-0.3, -0.25) is 14.9 Å². The van der Waals surface area contributed by atoms with Gasteiger partial charge in [0.05, 0.1) is 31.1 Å². The van der Waals surface area contributed by atoms with Crippen LogP contribution in [0.15, 0.2) is 48.5 Å². The average molecular weight is 397 g/mol. The van der Waals surface area contributed by atoms with Crippen molar-refractivity contribution in [2.24, 2.45) is 0 Å². The van der Waals surface area contributed by atoms with Crippen molar-refractivity contribution < 1.29 is 14.6 Å². The molecule has 1 aliphatic heterocycles. The van der Waals surface area contributed by atoms with E-state index >= 15 is 0 Å². The van der Waals surface area contributed by atoms with Crippen molar-refractivity contribution in [3.8, 4) is 0 Å². The number of amides is 1. The Morgan fingerprint density at radius 1 is 1.17 bits per heavy atom. The normalized spacial score (nSPS) is 15.7. The quantitative estimate of drug-likeness (QED) is 0.556. The van der Waals surface area contributed by atoms with Gasteiger partial charge in [-0.25, -0.2) is 0 Å². The Morgan fingerprint density at radius 3 is 2.45 bits per heavy atom. The number of nitro benzene ring substituents is 1. The number of hydrogen-bond donors (Lipinski definition) is 2. The van der Waals surface area contributed by atoms with Gasteiger partial charge < -0.3 is 15.1 Å². The minimum Gasteiger partial charge on any atom is -0.360 e. The Balaban J connectivity index is 1.52. The molecule has 2 aromatic rings. The average Bonchev–Trinajstić information content (AvgIpc) is 2.74. The van der Waals surface area contributed by atoms with E-state index in [2.05, 4.69) is 30.1 Å². The maximum atomic E-state index is 12.6. The van der Waals surface area contributed by atoms with E-state index in [4.69, 9.17) is 0 Å². The van der Waals surface area contributed by atoms with Crippen LogP contribution in [-0.2, 0) is 4.79 Å². The van der Waals surface area contributed by atoms with Crippen LogP contribution in [0.1, 0.15) is 31.7 Å². The molecule has 0 spiro atoms. The van der Waals surface area contributed by atoms with E-state index in [-0.39, 0.29) is 16.5 Å². The molecule has 1 fully saturated rings. The molecule has 1 atom stereocenters. The molecule has 7 nitrogen and oxygen atoms in total. The fourth-order valence-corrected chi connectivity index (χ4v) is 3.73. The molecule has 1 heterocycles. The molecule has 2 N–H and O–H groups in total. The number of benzene rings is 2. The van der Waals surface area contributed by atoms with Crippen molar-refractivity contribution in [1.82, 2.24) is 0 Å². The van der Waals surface area contributed by atoms with Gasteiger partial charge in [0, 0.05) is 23.5 Å². The SMILES string of the molecule is CC[C@H](C)c1ccccc1NC(=O)C[NH+]1CCN(c2ccc([N+](=O)[O-])cc2)CC1. The highest BCUT2D eigenvalue weighted by Gasteiger charge is 2.23. The molecular weight excluding hydrogens is 368 g/mol. The minimum atomic E-state index is -0.385. The van der Waals surface area contributed by atoms with Crippen LogP contribution in [0.2, 0.25) is 0 Å². The molecule has 1 aliphatic rings.